The number of pyridine rings is 1. The summed E-state index contributed by atoms with van der Waals surface area (Å²) in [7, 11) is 0. The van der Waals surface area contributed by atoms with Crippen LogP contribution in [-0.2, 0) is 6.61 Å². The number of halogens is 1. The number of hydrogen-bond acceptors (Lipinski definition) is 6. The Morgan fingerprint density at radius 3 is 2.86 bits per heavy atom. The molecule has 0 unspecified atom stereocenters. The Kier molecular flexibility index (Phi) is 3.74. The molecule has 0 bridgehead atoms. The van der Waals surface area contributed by atoms with E-state index >= 15 is 0 Å². The zero-order valence-electron chi connectivity index (χ0n) is 10.9. The van der Waals surface area contributed by atoms with Gasteiger partial charge in [0, 0.05) is 11.1 Å². The summed E-state index contributed by atoms with van der Waals surface area (Å²) < 4.78 is 18.3. The fraction of sp³-hybridized carbons (Fsp3) is 0.0714. The zero-order chi connectivity index (χ0) is 14.7. The van der Waals surface area contributed by atoms with Gasteiger partial charge in [-0.3, -0.25) is 4.98 Å². The molecular formula is C14H11FN4OS. The molecule has 3 aromatic rings. The Morgan fingerprint density at radius 1 is 1.19 bits per heavy atom. The molecule has 0 atom stereocenters. The van der Waals surface area contributed by atoms with Crippen molar-refractivity contribution >= 4 is 17.2 Å². The van der Waals surface area contributed by atoms with Crippen LogP contribution in [0.1, 0.15) is 4.88 Å². The molecule has 0 radical (unpaired) electrons. The lowest BCUT2D eigenvalue weighted by molar-refractivity contribution is 0.283. The molecule has 5 nitrogen and oxygen atoms in total. The van der Waals surface area contributed by atoms with E-state index in [9.17, 15) is 4.39 Å². The molecule has 21 heavy (non-hydrogen) atoms. The lowest BCUT2D eigenvalue weighted by Crippen LogP contribution is -2.02. The van der Waals surface area contributed by atoms with Gasteiger partial charge in [-0.2, -0.15) is 4.98 Å². The lowest BCUT2D eigenvalue weighted by Gasteiger charge is -2.03. The first-order chi connectivity index (χ1) is 10.2. The number of thiophene rings is 1. The third kappa shape index (κ3) is 3.14. The van der Waals surface area contributed by atoms with Crippen LogP contribution in [0.2, 0.25) is 0 Å². The predicted molar refractivity (Wildman–Crippen MR) is 78.3 cm³/mol. The molecule has 3 rings (SSSR count). The van der Waals surface area contributed by atoms with Crippen molar-refractivity contribution in [1.82, 2.24) is 15.0 Å². The van der Waals surface area contributed by atoms with Crippen LogP contribution < -0.4 is 10.5 Å². The second-order valence-corrected chi connectivity index (χ2v) is 5.32. The Morgan fingerprint density at radius 2 is 2.10 bits per heavy atom. The molecule has 0 spiro atoms. The van der Waals surface area contributed by atoms with Crippen LogP contribution in [0.15, 0.2) is 42.7 Å². The van der Waals surface area contributed by atoms with E-state index in [1.54, 1.807) is 17.5 Å². The molecule has 0 fully saturated rings. The minimum Gasteiger partial charge on any atom is -0.458 e. The van der Waals surface area contributed by atoms with Gasteiger partial charge < -0.3 is 10.5 Å². The summed E-state index contributed by atoms with van der Waals surface area (Å²) in [6.45, 7) is 0.294. The smallest absolute Gasteiger partial charge is 0.318 e. The maximum absolute atomic E-state index is 12.9. The fourth-order valence-electron chi connectivity index (χ4n) is 1.67. The van der Waals surface area contributed by atoms with Crippen LogP contribution in [0.5, 0.6) is 6.01 Å². The molecule has 0 saturated carbocycles. The molecule has 2 N–H and O–H groups in total. The lowest BCUT2D eigenvalue weighted by atomic mass is 10.3. The number of ether oxygens (including phenoxy) is 1. The van der Waals surface area contributed by atoms with Crippen molar-refractivity contribution in [2.24, 2.45) is 0 Å². The maximum Gasteiger partial charge on any atom is 0.318 e. The summed E-state index contributed by atoms with van der Waals surface area (Å²) >= 11 is 1.56. The molecule has 0 amide bonds. The molecule has 0 saturated heterocycles. The predicted octanol–water partition coefficient (Wildman–Crippen LogP) is 2.90. The molecule has 0 aliphatic carbocycles. The van der Waals surface area contributed by atoms with Crippen molar-refractivity contribution in [3.63, 3.8) is 0 Å². The Hall–Kier alpha value is -2.54. The van der Waals surface area contributed by atoms with Gasteiger partial charge in [0.25, 0.3) is 0 Å². The van der Waals surface area contributed by atoms with Crippen LogP contribution in [-0.4, -0.2) is 15.0 Å². The van der Waals surface area contributed by atoms with Crippen LogP contribution in [0.3, 0.4) is 0 Å². The largest absolute Gasteiger partial charge is 0.458 e. The molecule has 7 heteroatoms. The van der Waals surface area contributed by atoms with Gasteiger partial charge in [-0.15, -0.1) is 11.3 Å². The Balaban J connectivity index is 1.69. The van der Waals surface area contributed by atoms with Crippen molar-refractivity contribution < 1.29 is 9.13 Å². The number of nitrogens with zero attached hydrogens (tertiary/aromatic N) is 3. The SMILES string of the molecule is Nc1nc(OCc2ccc(-c3ccccn3)s2)ncc1F. The Labute approximate surface area is 124 Å². The van der Waals surface area contributed by atoms with Gasteiger partial charge in [-0.05, 0) is 24.3 Å². The normalized spacial score (nSPS) is 10.5. The minimum atomic E-state index is -0.657. The second kappa shape index (κ2) is 5.84. The van der Waals surface area contributed by atoms with E-state index in [4.69, 9.17) is 10.5 Å². The third-order valence-electron chi connectivity index (χ3n) is 2.67. The molecular weight excluding hydrogens is 291 g/mol. The van der Waals surface area contributed by atoms with Gasteiger partial charge in [0.2, 0.25) is 0 Å². The molecule has 0 aliphatic rings. The highest BCUT2D eigenvalue weighted by Crippen LogP contribution is 2.26. The standard InChI is InChI=1S/C14H11FN4OS/c15-10-7-18-14(19-13(10)16)20-8-9-4-5-12(21-9)11-3-1-2-6-17-11/h1-7H,8H2,(H2,16,18,19). The fourth-order valence-corrected chi connectivity index (χ4v) is 2.57. The number of hydrogen-bond donors (Lipinski definition) is 1. The average molecular weight is 302 g/mol. The quantitative estimate of drug-likeness (QED) is 0.802. The highest BCUT2D eigenvalue weighted by Gasteiger charge is 2.07. The molecule has 106 valence electrons. The van der Waals surface area contributed by atoms with Crippen LogP contribution in [0.25, 0.3) is 10.6 Å². The summed E-state index contributed by atoms with van der Waals surface area (Å²) in [4.78, 5) is 13.8. The molecule has 3 aromatic heterocycles. The maximum atomic E-state index is 12.9. The first-order valence-electron chi connectivity index (χ1n) is 6.13. The topological polar surface area (TPSA) is 73.9 Å². The van der Waals surface area contributed by atoms with Crippen molar-refractivity contribution in [3.05, 3.63) is 53.4 Å². The van der Waals surface area contributed by atoms with E-state index in [1.165, 1.54) is 0 Å². The monoisotopic (exact) mass is 302 g/mol. The Bertz CT molecular complexity index is 748. The van der Waals surface area contributed by atoms with E-state index < -0.39 is 5.82 Å². The van der Waals surface area contributed by atoms with E-state index in [1.807, 2.05) is 30.3 Å². The first-order valence-corrected chi connectivity index (χ1v) is 6.95. The van der Waals surface area contributed by atoms with E-state index in [2.05, 4.69) is 15.0 Å². The summed E-state index contributed by atoms with van der Waals surface area (Å²) in [5.41, 5.74) is 6.27. The van der Waals surface area contributed by atoms with Gasteiger partial charge in [-0.25, -0.2) is 9.37 Å². The summed E-state index contributed by atoms with van der Waals surface area (Å²) in [6.07, 6.45) is 2.74. The van der Waals surface area contributed by atoms with E-state index in [0.717, 1.165) is 21.6 Å². The van der Waals surface area contributed by atoms with Crippen LogP contribution in [0.4, 0.5) is 10.2 Å². The summed E-state index contributed by atoms with van der Waals surface area (Å²) in [5.74, 6) is -0.878. The van der Waals surface area contributed by atoms with Crippen molar-refractivity contribution in [2.45, 2.75) is 6.61 Å². The number of anilines is 1. The number of nitrogens with two attached hydrogens (primary N) is 1. The minimum absolute atomic E-state index is 0.0571. The second-order valence-electron chi connectivity index (χ2n) is 4.16. The van der Waals surface area contributed by atoms with Crippen molar-refractivity contribution in [3.8, 4) is 16.6 Å². The zero-order valence-corrected chi connectivity index (χ0v) is 11.7. The average Bonchev–Trinajstić information content (AvgIpc) is 2.98. The van der Waals surface area contributed by atoms with E-state index in [0.29, 0.717) is 6.61 Å². The van der Waals surface area contributed by atoms with Gasteiger partial charge in [0.15, 0.2) is 11.6 Å². The van der Waals surface area contributed by atoms with Crippen molar-refractivity contribution in [1.29, 1.82) is 0 Å². The van der Waals surface area contributed by atoms with Gasteiger partial charge in [0.05, 0.1) is 16.8 Å². The van der Waals surface area contributed by atoms with Gasteiger partial charge in [-0.1, -0.05) is 6.07 Å². The molecule has 3 heterocycles. The number of rotatable bonds is 4. The summed E-state index contributed by atoms with van der Waals surface area (Å²) in [5, 5.41) is 0. The number of aromatic nitrogens is 3. The summed E-state index contributed by atoms with van der Waals surface area (Å²) in [6, 6.07) is 9.74. The highest BCUT2D eigenvalue weighted by molar-refractivity contribution is 7.15. The number of nitrogen functional groups attached to an aromatic ring is 1. The van der Waals surface area contributed by atoms with Crippen molar-refractivity contribution in [2.75, 3.05) is 5.73 Å². The molecule has 0 aromatic carbocycles. The van der Waals surface area contributed by atoms with Gasteiger partial charge >= 0.3 is 6.01 Å². The van der Waals surface area contributed by atoms with Gasteiger partial charge in [0.1, 0.15) is 6.61 Å². The third-order valence-corrected chi connectivity index (χ3v) is 3.75. The molecule has 0 aliphatic heterocycles. The van der Waals surface area contributed by atoms with Crippen LogP contribution >= 0.6 is 11.3 Å². The van der Waals surface area contributed by atoms with E-state index in [-0.39, 0.29) is 11.8 Å². The van der Waals surface area contributed by atoms with Crippen LogP contribution in [0, 0.1) is 5.82 Å². The first kappa shape index (κ1) is 13.4. The highest BCUT2D eigenvalue weighted by atomic mass is 32.1.